The maximum Gasteiger partial charge on any atom is 0.261 e. The number of rotatable bonds is 6. The minimum atomic E-state index is -3.67. The molecule has 0 spiro atoms. The average molecular weight is 503 g/mol. The number of nitrogens with one attached hydrogen (secondary N) is 1. The molecule has 0 radical (unpaired) electrons. The molecule has 2 rings (SSSR count). The zero-order valence-electron chi connectivity index (χ0n) is 15.7. The molecule has 0 fully saturated rings. The number of benzene rings is 2. The van der Waals surface area contributed by atoms with E-state index in [1.165, 1.54) is 0 Å². The summed E-state index contributed by atoms with van der Waals surface area (Å²) in [6.45, 7) is 10.6. The van der Waals surface area contributed by atoms with E-state index in [0.29, 0.717) is 20.6 Å². The Bertz CT molecular complexity index is 866. The summed E-state index contributed by atoms with van der Waals surface area (Å²) in [4.78, 5) is 0.250. The van der Waals surface area contributed by atoms with Crippen molar-refractivity contribution in [1.29, 1.82) is 0 Å². The van der Waals surface area contributed by atoms with Gasteiger partial charge in [-0.25, -0.2) is 8.42 Å². The molecule has 0 aromatic heterocycles. The summed E-state index contributed by atoms with van der Waals surface area (Å²) in [6.07, 6.45) is 0.986. The SMILES string of the molecule is CCC(C)(C)c1ccc(S(=O)(=O)Nc2c(Br)cc(C(C)C)cc2Br)cc1. The molecule has 0 saturated carbocycles. The normalized spacial score (nSPS) is 12.5. The second-order valence-electron chi connectivity index (χ2n) is 7.38. The lowest BCUT2D eigenvalue weighted by atomic mass is 9.82. The van der Waals surface area contributed by atoms with Gasteiger partial charge in [-0.1, -0.05) is 46.8 Å². The standard InChI is InChI=1S/C20H25Br2NO2S/c1-6-20(4,5)15-7-9-16(10-8-15)26(24,25)23-19-17(21)11-14(13(2)3)12-18(19)22/h7-13,23H,6H2,1-5H3. The van der Waals surface area contributed by atoms with Crippen LogP contribution in [0.3, 0.4) is 0 Å². The van der Waals surface area contributed by atoms with E-state index in [0.717, 1.165) is 17.5 Å². The third-order valence-corrected chi connectivity index (χ3v) is 7.41. The van der Waals surface area contributed by atoms with Crippen molar-refractivity contribution in [3.05, 3.63) is 56.5 Å². The van der Waals surface area contributed by atoms with Gasteiger partial charge < -0.3 is 0 Å². The summed E-state index contributed by atoms with van der Waals surface area (Å²) < 4.78 is 29.7. The maximum atomic E-state index is 12.8. The van der Waals surface area contributed by atoms with E-state index < -0.39 is 10.0 Å². The highest BCUT2D eigenvalue weighted by atomic mass is 79.9. The lowest BCUT2D eigenvalue weighted by molar-refractivity contribution is 0.506. The highest BCUT2D eigenvalue weighted by Gasteiger charge is 2.21. The van der Waals surface area contributed by atoms with E-state index in [9.17, 15) is 8.42 Å². The van der Waals surface area contributed by atoms with Crippen molar-refractivity contribution >= 4 is 47.6 Å². The van der Waals surface area contributed by atoms with Crippen LogP contribution in [0, 0.1) is 0 Å². The topological polar surface area (TPSA) is 46.2 Å². The van der Waals surface area contributed by atoms with Crippen LogP contribution in [-0.2, 0) is 15.4 Å². The van der Waals surface area contributed by atoms with Gasteiger partial charge in [0.15, 0.2) is 0 Å². The Morgan fingerprint density at radius 3 is 1.96 bits per heavy atom. The highest BCUT2D eigenvalue weighted by molar-refractivity contribution is 9.11. The summed E-state index contributed by atoms with van der Waals surface area (Å²) in [6, 6.07) is 11.0. The van der Waals surface area contributed by atoms with Crippen LogP contribution < -0.4 is 4.72 Å². The van der Waals surface area contributed by atoms with Crippen LogP contribution in [-0.4, -0.2) is 8.42 Å². The van der Waals surface area contributed by atoms with E-state index in [1.54, 1.807) is 12.1 Å². The van der Waals surface area contributed by atoms with Crippen LogP contribution >= 0.6 is 31.9 Å². The molecule has 1 N–H and O–H groups in total. The van der Waals surface area contributed by atoms with Crippen LogP contribution in [0.25, 0.3) is 0 Å². The van der Waals surface area contributed by atoms with Crippen molar-refractivity contribution < 1.29 is 8.42 Å². The molecule has 0 bridgehead atoms. The van der Waals surface area contributed by atoms with Gasteiger partial charge in [0.2, 0.25) is 0 Å². The fourth-order valence-corrected chi connectivity index (χ4v) is 5.29. The average Bonchev–Trinajstić information content (AvgIpc) is 2.58. The van der Waals surface area contributed by atoms with Gasteiger partial charge in [-0.05, 0) is 85.0 Å². The van der Waals surface area contributed by atoms with Gasteiger partial charge in [0.05, 0.1) is 10.6 Å². The zero-order valence-corrected chi connectivity index (χ0v) is 19.7. The molecule has 0 amide bonds. The number of sulfonamides is 1. The van der Waals surface area contributed by atoms with Crippen molar-refractivity contribution in [2.45, 2.75) is 57.3 Å². The molecule has 0 atom stereocenters. The third-order valence-electron chi connectivity index (χ3n) is 4.80. The van der Waals surface area contributed by atoms with Crippen molar-refractivity contribution in [3.8, 4) is 0 Å². The number of halogens is 2. The summed E-state index contributed by atoms with van der Waals surface area (Å²) in [5.41, 5.74) is 2.78. The molecule has 0 aliphatic carbocycles. The predicted molar refractivity (Wildman–Crippen MR) is 116 cm³/mol. The van der Waals surface area contributed by atoms with Gasteiger partial charge in [-0.2, -0.15) is 0 Å². The second-order valence-corrected chi connectivity index (χ2v) is 10.8. The fraction of sp³-hybridized carbons (Fsp3) is 0.400. The highest BCUT2D eigenvalue weighted by Crippen LogP contribution is 2.36. The minimum Gasteiger partial charge on any atom is -0.277 e. The van der Waals surface area contributed by atoms with Crippen LogP contribution in [0.1, 0.15) is 58.1 Å². The van der Waals surface area contributed by atoms with Crippen LogP contribution in [0.5, 0.6) is 0 Å². The molecule has 26 heavy (non-hydrogen) atoms. The molecule has 0 aliphatic heterocycles. The minimum absolute atomic E-state index is 0.0223. The molecule has 6 heteroatoms. The first-order chi connectivity index (χ1) is 12.0. The van der Waals surface area contributed by atoms with E-state index in [1.807, 2.05) is 24.3 Å². The summed E-state index contributed by atoms with van der Waals surface area (Å²) in [5.74, 6) is 0.350. The maximum absolute atomic E-state index is 12.8. The predicted octanol–water partition coefficient (Wildman–Crippen LogP) is 6.82. The zero-order chi connectivity index (χ0) is 19.7. The Hall–Kier alpha value is -0.850. The number of anilines is 1. The molecule has 0 aliphatic rings. The summed E-state index contributed by atoms with van der Waals surface area (Å²) in [7, 11) is -3.67. The first-order valence-corrected chi connectivity index (χ1v) is 11.7. The summed E-state index contributed by atoms with van der Waals surface area (Å²) in [5, 5.41) is 0. The Morgan fingerprint density at radius 1 is 1.04 bits per heavy atom. The quantitative estimate of drug-likeness (QED) is 0.470. The number of hydrogen-bond acceptors (Lipinski definition) is 2. The smallest absolute Gasteiger partial charge is 0.261 e. The van der Waals surface area contributed by atoms with Gasteiger partial charge in [0.25, 0.3) is 10.0 Å². The first-order valence-electron chi connectivity index (χ1n) is 8.60. The molecular formula is C20H25Br2NO2S. The van der Waals surface area contributed by atoms with E-state index in [4.69, 9.17) is 0 Å². The second kappa shape index (κ2) is 8.03. The monoisotopic (exact) mass is 501 g/mol. The third kappa shape index (κ3) is 4.70. The first kappa shape index (κ1) is 21.5. The molecular weight excluding hydrogens is 478 g/mol. The van der Waals surface area contributed by atoms with Crippen LogP contribution in [0.2, 0.25) is 0 Å². The van der Waals surface area contributed by atoms with Crippen molar-refractivity contribution in [3.63, 3.8) is 0 Å². The Morgan fingerprint density at radius 2 is 1.54 bits per heavy atom. The van der Waals surface area contributed by atoms with Crippen LogP contribution in [0.15, 0.2) is 50.2 Å². The van der Waals surface area contributed by atoms with Gasteiger partial charge >= 0.3 is 0 Å². The van der Waals surface area contributed by atoms with E-state index >= 15 is 0 Å². The molecule has 2 aromatic carbocycles. The van der Waals surface area contributed by atoms with Crippen molar-refractivity contribution in [2.75, 3.05) is 4.72 Å². The van der Waals surface area contributed by atoms with Gasteiger partial charge in [0.1, 0.15) is 0 Å². The lowest BCUT2D eigenvalue weighted by Crippen LogP contribution is -2.17. The van der Waals surface area contributed by atoms with Gasteiger partial charge in [-0.15, -0.1) is 0 Å². The Kier molecular flexibility index (Phi) is 6.62. The van der Waals surface area contributed by atoms with E-state index in [2.05, 4.69) is 71.2 Å². The number of hydrogen-bond donors (Lipinski definition) is 1. The van der Waals surface area contributed by atoms with Gasteiger partial charge in [-0.3, -0.25) is 4.72 Å². The molecule has 142 valence electrons. The molecule has 0 unspecified atom stereocenters. The van der Waals surface area contributed by atoms with Crippen LogP contribution in [0.4, 0.5) is 5.69 Å². The lowest BCUT2D eigenvalue weighted by Gasteiger charge is -2.23. The van der Waals surface area contributed by atoms with Gasteiger partial charge in [0, 0.05) is 8.95 Å². The molecule has 2 aromatic rings. The fourth-order valence-electron chi connectivity index (χ4n) is 2.51. The van der Waals surface area contributed by atoms with Crippen molar-refractivity contribution in [1.82, 2.24) is 0 Å². The van der Waals surface area contributed by atoms with E-state index in [-0.39, 0.29) is 10.3 Å². The molecule has 0 heterocycles. The largest absolute Gasteiger partial charge is 0.277 e. The van der Waals surface area contributed by atoms with Crippen molar-refractivity contribution in [2.24, 2.45) is 0 Å². The molecule has 3 nitrogen and oxygen atoms in total. The molecule has 0 saturated heterocycles. The summed E-state index contributed by atoms with van der Waals surface area (Å²) >= 11 is 6.96. The Balaban J connectivity index is 2.35. The Labute approximate surface area is 173 Å².